The topological polar surface area (TPSA) is 96.5 Å². The van der Waals surface area contributed by atoms with Gasteiger partial charge in [0, 0.05) is 36.9 Å². The summed E-state index contributed by atoms with van der Waals surface area (Å²) >= 11 is 6.47. The molecule has 1 aromatic heterocycles. The number of fused-ring (bicyclic) bond motifs is 1. The lowest BCUT2D eigenvalue weighted by Crippen LogP contribution is -2.38. The third kappa shape index (κ3) is 6.29. The van der Waals surface area contributed by atoms with Gasteiger partial charge in [-0.2, -0.15) is 0 Å². The molecular formula is C31H36ClN5O3. The van der Waals surface area contributed by atoms with Crippen LogP contribution in [0.15, 0.2) is 48.7 Å². The molecule has 1 unspecified atom stereocenters. The van der Waals surface area contributed by atoms with Crippen LogP contribution in [0.5, 0.6) is 0 Å². The van der Waals surface area contributed by atoms with Crippen molar-refractivity contribution < 1.29 is 14.3 Å². The lowest BCUT2D eigenvalue weighted by atomic mass is 9.85. The number of carbonyl (C=O) groups is 2. The Morgan fingerprint density at radius 3 is 2.70 bits per heavy atom. The summed E-state index contributed by atoms with van der Waals surface area (Å²) in [5, 5.41) is 6.82. The Morgan fingerprint density at radius 2 is 1.95 bits per heavy atom. The second kappa shape index (κ2) is 11.6. The number of anilines is 1. The molecule has 5 rings (SSSR count). The summed E-state index contributed by atoms with van der Waals surface area (Å²) in [6, 6.07) is 14.0. The van der Waals surface area contributed by atoms with Crippen molar-refractivity contribution in [2.45, 2.75) is 64.6 Å². The van der Waals surface area contributed by atoms with Gasteiger partial charge in [-0.3, -0.25) is 9.59 Å². The van der Waals surface area contributed by atoms with Gasteiger partial charge in [0.05, 0.1) is 23.0 Å². The number of nitrogens with zero attached hydrogens (tertiary/aromatic N) is 3. The summed E-state index contributed by atoms with van der Waals surface area (Å²) in [7, 11) is 0. The Bertz CT molecular complexity index is 1410. The first kappa shape index (κ1) is 28.1. The largest absolute Gasteiger partial charge is 0.381 e. The molecule has 2 aliphatic heterocycles. The van der Waals surface area contributed by atoms with Gasteiger partial charge in [0.15, 0.2) is 0 Å². The minimum atomic E-state index is -0.197. The average Bonchev–Trinajstić information content (AvgIpc) is 3.24. The lowest BCUT2D eigenvalue weighted by Gasteiger charge is -2.23. The van der Waals surface area contributed by atoms with Crippen molar-refractivity contribution in [1.29, 1.82) is 0 Å². The SMILES string of the molecule is CC(NC(=O)CN1Cc2ccc(-c3nc(NC4CCOCC4)ncc3Cl)cc2C1=O)c1cccc(C(C)(C)C)c1. The van der Waals surface area contributed by atoms with E-state index in [1.165, 1.54) is 5.56 Å². The number of rotatable bonds is 7. The van der Waals surface area contributed by atoms with Crippen LogP contribution < -0.4 is 10.6 Å². The van der Waals surface area contributed by atoms with Gasteiger partial charge in [-0.1, -0.05) is 68.8 Å². The van der Waals surface area contributed by atoms with Crippen LogP contribution in [0.3, 0.4) is 0 Å². The van der Waals surface area contributed by atoms with Crippen LogP contribution in [0.1, 0.15) is 73.6 Å². The second-order valence-corrected chi connectivity index (χ2v) is 12.0. The molecule has 3 aromatic rings. The zero-order valence-corrected chi connectivity index (χ0v) is 24.2. The van der Waals surface area contributed by atoms with Gasteiger partial charge in [0.25, 0.3) is 5.91 Å². The van der Waals surface area contributed by atoms with Gasteiger partial charge < -0.3 is 20.3 Å². The molecule has 0 radical (unpaired) electrons. The number of hydrogen-bond acceptors (Lipinski definition) is 6. The Morgan fingerprint density at radius 1 is 1.18 bits per heavy atom. The summed E-state index contributed by atoms with van der Waals surface area (Å²) in [6.07, 6.45) is 3.36. The predicted molar refractivity (Wildman–Crippen MR) is 156 cm³/mol. The molecule has 1 atom stereocenters. The van der Waals surface area contributed by atoms with Crippen molar-refractivity contribution in [2.75, 3.05) is 25.1 Å². The van der Waals surface area contributed by atoms with E-state index < -0.39 is 0 Å². The van der Waals surface area contributed by atoms with Crippen LogP contribution in [0.4, 0.5) is 5.95 Å². The molecule has 8 nitrogen and oxygen atoms in total. The van der Waals surface area contributed by atoms with E-state index in [-0.39, 0.29) is 35.9 Å². The summed E-state index contributed by atoms with van der Waals surface area (Å²) in [5.74, 6) is 0.122. The van der Waals surface area contributed by atoms with Crippen molar-refractivity contribution in [3.8, 4) is 11.3 Å². The van der Waals surface area contributed by atoms with E-state index >= 15 is 0 Å². The Hall–Kier alpha value is -3.49. The van der Waals surface area contributed by atoms with E-state index in [1.54, 1.807) is 11.1 Å². The van der Waals surface area contributed by atoms with Crippen LogP contribution in [0.2, 0.25) is 5.02 Å². The summed E-state index contributed by atoms with van der Waals surface area (Å²) < 4.78 is 5.43. The van der Waals surface area contributed by atoms with E-state index in [4.69, 9.17) is 16.3 Å². The van der Waals surface area contributed by atoms with Gasteiger partial charge >= 0.3 is 0 Å². The first-order chi connectivity index (χ1) is 19.1. The number of ether oxygens (including phenoxy) is 1. The fourth-order valence-corrected chi connectivity index (χ4v) is 5.32. The van der Waals surface area contributed by atoms with Gasteiger partial charge in [-0.05, 0) is 47.9 Å². The van der Waals surface area contributed by atoms with E-state index in [0.29, 0.717) is 42.0 Å². The van der Waals surface area contributed by atoms with Crippen LogP contribution in [0.25, 0.3) is 11.3 Å². The maximum absolute atomic E-state index is 13.3. The van der Waals surface area contributed by atoms with Gasteiger partial charge in [0.1, 0.15) is 6.54 Å². The van der Waals surface area contributed by atoms with Crippen molar-refractivity contribution in [3.63, 3.8) is 0 Å². The number of hydrogen-bond donors (Lipinski definition) is 2. The highest BCUT2D eigenvalue weighted by Crippen LogP contribution is 2.32. The number of aromatic nitrogens is 2. The molecule has 1 fully saturated rings. The molecule has 0 spiro atoms. The standard InChI is InChI=1S/C31H36ClN5O3/c1-19(20-6-5-7-23(14-20)31(2,3)4)34-27(38)18-37-17-22-9-8-21(15-25(22)29(37)39)28-26(32)16-33-30(36-28)35-24-10-12-40-13-11-24/h5-9,14-16,19,24H,10-13,17-18H2,1-4H3,(H,34,38)(H,33,35,36). The summed E-state index contributed by atoms with van der Waals surface area (Å²) in [6.45, 7) is 10.2. The first-order valence-electron chi connectivity index (χ1n) is 13.8. The normalized spacial score (nSPS) is 16.5. The number of carbonyl (C=O) groups excluding carboxylic acids is 2. The molecule has 40 heavy (non-hydrogen) atoms. The fraction of sp³-hybridized carbons (Fsp3) is 0.419. The number of halogens is 1. The van der Waals surface area contributed by atoms with E-state index in [0.717, 1.165) is 29.5 Å². The van der Waals surface area contributed by atoms with E-state index in [9.17, 15) is 9.59 Å². The molecule has 2 N–H and O–H groups in total. The maximum atomic E-state index is 13.3. The maximum Gasteiger partial charge on any atom is 0.254 e. The number of amides is 2. The molecule has 210 valence electrons. The summed E-state index contributed by atoms with van der Waals surface area (Å²) in [4.78, 5) is 36.8. The van der Waals surface area contributed by atoms with Crippen molar-refractivity contribution in [1.82, 2.24) is 20.2 Å². The Labute approximate surface area is 240 Å². The monoisotopic (exact) mass is 561 g/mol. The summed E-state index contributed by atoms with van der Waals surface area (Å²) in [5.41, 5.74) is 4.99. The highest BCUT2D eigenvalue weighted by Gasteiger charge is 2.30. The first-order valence-corrected chi connectivity index (χ1v) is 14.2. The molecule has 0 aliphatic carbocycles. The second-order valence-electron chi connectivity index (χ2n) is 11.6. The van der Waals surface area contributed by atoms with Crippen LogP contribution >= 0.6 is 11.6 Å². The smallest absolute Gasteiger partial charge is 0.254 e. The average molecular weight is 562 g/mol. The van der Waals surface area contributed by atoms with Crippen LogP contribution in [0, 0.1) is 0 Å². The highest BCUT2D eigenvalue weighted by molar-refractivity contribution is 6.33. The third-order valence-electron chi connectivity index (χ3n) is 7.53. The molecule has 0 saturated carbocycles. The number of nitrogens with one attached hydrogen (secondary N) is 2. The van der Waals surface area contributed by atoms with Gasteiger partial charge in [0.2, 0.25) is 11.9 Å². The molecule has 2 aromatic carbocycles. The molecule has 1 saturated heterocycles. The lowest BCUT2D eigenvalue weighted by molar-refractivity contribution is -0.122. The molecule has 9 heteroatoms. The quantitative estimate of drug-likeness (QED) is 0.394. The Kier molecular flexibility index (Phi) is 8.10. The predicted octanol–water partition coefficient (Wildman–Crippen LogP) is 5.52. The van der Waals surface area contributed by atoms with Crippen LogP contribution in [-0.4, -0.2) is 52.5 Å². The minimum Gasteiger partial charge on any atom is -0.381 e. The minimum absolute atomic E-state index is 0.0143. The molecule has 0 bridgehead atoms. The fourth-order valence-electron chi connectivity index (χ4n) is 5.12. The van der Waals surface area contributed by atoms with Crippen LogP contribution in [-0.2, 0) is 21.5 Å². The van der Waals surface area contributed by atoms with E-state index in [2.05, 4.69) is 53.5 Å². The highest BCUT2D eigenvalue weighted by atomic mass is 35.5. The zero-order chi connectivity index (χ0) is 28.4. The molecular weight excluding hydrogens is 526 g/mol. The number of benzene rings is 2. The molecule has 2 aliphatic rings. The van der Waals surface area contributed by atoms with Gasteiger partial charge in [-0.25, -0.2) is 9.97 Å². The molecule has 2 amide bonds. The Balaban J connectivity index is 1.25. The van der Waals surface area contributed by atoms with Crippen molar-refractivity contribution >= 4 is 29.4 Å². The van der Waals surface area contributed by atoms with E-state index in [1.807, 2.05) is 37.3 Å². The zero-order valence-electron chi connectivity index (χ0n) is 23.5. The third-order valence-corrected chi connectivity index (χ3v) is 7.80. The van der Waals surface area contributed by atoms with Crippen molar-refractivity contribution in [3.05, 3.63) is 75.9 Å². The van der Waals surface area contributed by atoms with Crippen molar-refractivity contribution in [2.24, 2.45) is 0 Å². The molecule has 3 heterocycles. The van der Waals surface area contributed by atoms with Gasteiger partial charge in [-0.15, -0.1) is 0 Å².